The maximum Gasteiger partial charge on any atom is 0.339 e. The summed E-state index contributed by atoms with van der Waals surface area (Å²) in [7, 11) is 0. The van der Waals surface area contributed by atoms with Crippen molar-refractivity contribution in [3.63, 3.8) is 0 Å². The van der Waals surface area contributed by atoms with Gasteiger partial charge in [-0.1, -0.05) is 180 Å². The Hall–Kier alpha value is -9.15. The number of carbonyl (C=O) groups excluding carboxylic acids is 3. The molecule has 0 aromatic heterocycles. The minimum atomic E-state index is -1.40. The highest BCUT2D eigenvalue weighted by atomic mass is 16.6. The summed E-state index contributed by atoms with van der Waals surface area (Å²) in [6.07, 6.45) is 0. The number of hydrogen-bond acceptors (Lipinski definition) is 9. The molecule has 6 aliphatic heterocycles. The fourth-order valence-corrected chi connectivity index (χ4v) is 12.3. The zero-order valence-corrected chi connectivity index (χ0v) is 36.8. The molecule has 0 saturated carbocycles. The third kappa shape index (κ3) is 4.74. The van der Waals surface area contributed by atoms with Crippen molar-refractivity contribution in [2.75, 3.05) is 0 Å². The Morgan fingerprint density at radius 3 is 0.714 bits per heavy atom. The third-order valence-corrected chi connectivity index (χ3v) is 15.0. The highest BCUT2D eigenvalue weighted by Crippen LogP contribution is 2.59. The first kappa shape index (κ1) is 38.9. The second kappa shape index (κ2) is 13.7. The summed E-state index contributed by atoms with van der Waals surface area (Å²) < 4.78 is 39.8. The summed E-state index contributed by atoms with van der Waals surface area (Å²) in [5.74, 6) is 1.63. The molecule has 0 fully saturated rings. The maximum atomic E-state index is 15.3. The van der Waals surface area contributed by atoms with Crippen LogP contribution in [0.2, 0.25) is 0 Å². The molecule has 0 radical (unpaired) electrons. The van der Waals surface area contributed by atoms with E-state index in [0.29, 0.717) is 118 Å². The van der Waals surface area contributed by atoms with Gasteiger partial charge < -0.3 is 28.4 Å². The first-order chi connectivity index (χ1) is 34.4. The molecule has 0 saturated heterocycles. The van der Waals surface area contributed by atoms with Crippen molar-refractivity contribution in [2.45, 2.75) is 16.8 Å². The Kier molecular flexibility index (Phi) is 7.64. The van der Waals surface area contributed by atoms with E-state index in [1.54, 1.807) is 0 Å². The summed E-state index contributed by atoms with van der Waals surface area (Å²) >= 11 is 0. The van der Waals surface area contributed by atoms with Crippen LogP contribution in [-0.4, -0.2) is 24.6 Å². The molecule has 9 aromatic rings. The molecule has 15 rings (SSSR count). The number of fused-ring (bicyclic) bond motifs is 18. The van der Waals surface area contributed by atoms with Gasteiger partial charge in [0.1, 0.15) is 34.5 Å². The molecule has 9 nitrogen and oxygen atoms in total. The molecule has 0 bridgehead atoms. The summed E-state index contributed by atoms with van der Waals surface area (Å²) in [6, 6.07) is 62.6. The fraction of sp³-hybridized carbons (Fsp3) is 0.0500. The smallest absolute Gasteiger partial charge is 0.339 e. The van der Waals surface area contributed by atoms with Crippen molar-refractivity contribution in [3.8, 4) is 34.5 Å². The predicted molar refractivity (Wildman–Crippen MR) is 259 cm³/mol. The fourth-order valence-electron chi connectivity index (χ4n) is 12.3. The Bertz CT molecular complexity index is 3320. The average Bonchev–Trinajstić information content (AvgIpc) is 3.99. The highest BCUT2D eigenvalue weighted by Gasteiger charge is 2.59. The third-order valence-electron chi connectivity index (χ3n) is 15.0. The normalized spacial score (nSPS) is 16.5. The van der Waals surface area contributed by atoms with Crippen LogP contribution >= 0.6 is 0 Å². The second-order valence-electron chi connectivity index (χ2n) is 18.2. The zero-order chi connectivity index (χ0) is 46.5. The Morgan fingerprint density at radius 1 is 0.257 bits per heavy atom. The van der Waals surface area contributed by atoms with E-state index >= 15 is 14.4 Å². The van der Waals surface area contributed by atoms with Crippen molar-refractivity contribution in [2.24, 2.45) is 0 Å². The molecule has 9 aromatic carbocycles. The van der Waals surface area contributed by atoms with E-state index in [2.05, 4.69) is 0 Å². The van der Waals surface area contributed by atoms with Crippen molar-refractivity contribution in [3.05, 3.63) is 267 Å². The van der Waals surface area contributed by atoms with Gasteiger partial charge in [0.25, 0.3) is 0 Å². The number of para-hydroxylation sites is 6. The van der Waals surface area contributed by atoms with E-state index in [0.717, 1.165) is 0 Å². The standard InChI is InChI=1S/C60H33BO9/c62-55-52-40(58(68-55)34-16-1-7-28-46(34)65-47-29-8-2-17-35(47)58)22-13-25-43(52)61(44-26-14-23-41-53(44)56(63)69-59(41)36-18-3-9-30-48(36)66-49-31-10-4-19-37(49)59)45-27-15-24-42-54(45)57(64)70-60(42)38-20-5-11-32-50(38)67-51-33-12-6-21-39(51)60/h1-33H. The van der Waals surface area contributed by atoms with Crippen molar-refractivity contribution in [1.29, 1.82) is 0 Å². The van der Waals surface area contributed by atoms with Gasteiger partial charge in [0.2, 0.25) is 6.71 Å². The quantitative estimate of drug-likeness (QED) is 0.0973. The van der Waals surface area contributed by atoms with Gasteiger partial charge in [-0.05, 0) is 36.4 Å². The number of esters is 3. The van der Waals surface area contributed by atoms with Crippen LogP contribution in [0, 0.1) is 0 Å². The van der Waals surface area contributed by atoms with Crippen LogP contribution in [0.15, 0.2) is 200 Å². The molecule has 0 amide bonds. The first-order valence-corrected chi connectivity index (χ1v) is 23.1. The summed E-state index contributed by atoms with van der Waals surface area (Å²) in [6.45, 7) is -0.964. The monoisotopic (exact) mass is 908 g/mol. The minimum absolute atomic E-state index is 0.305. The van der Waals surface area contributed by atoms with E-state index in [1.165, 1.54) is 0 Å². The first-order valence-electron chi connectivity index (χ1n) is 23.1. The lowest BCUT2D eigenvalue weighted by molar-refractivity contribution is 0.0215. The molecule has 330 valence electrons. The largest absolute Gasteiger partial charge is 0.456 e. The molecule has 10 heteroatoms. The van der Waals surface area contributed by atoms with Gasteiger partial charge in [-0.25, -0.2) is 14.4 Å². The molecule has 3 spiro atoms. The van der Waals surface area contributed by atoms with Crippen LogP contribution < -0.4 is 30.6 Å². The molecule has 0 aliphatic carbocycles. The molecule has 0 atom stereocenters. The second-order valence-corrected chi connectivity index (χ2v) is 18.2. The topological polar surface area (TPSA) is 107 Å². The number of ether oxygens (including phenoxy) is 6. The van der Waals surface area contributed by atoms with Gasteiger partial charge in [0.15, 0.2) is 16.8 Å². The van der Waals surface area contributed by atoms with Crippen molar-refractivity contribution >= 4 is 41.0 Å². The van der Waals surface area contributed by atoms with E-state index in [4.69, 9.17) is 28.4 Å². The van der Waals surface area contributed by atoms with Crippen LogP contribution in [0.3, 0.4) is 0 Å². The number of hydrogen-bond donors (Lipinski definition) is 0. The molecular formula is C60H33BO9. The lowest BCUT2D eigenvalue weighted by Crippen LogP contribution is -2.56. The predicted octanol–water partition coefficient (Wildman–Crippen LogP) is 9.91. The summed E-state index contributed by atoms with van der Waals surface area (Å²) in [4.78, 5) is 45.9. The molecule has 0 N–H and O–H groups in total. The Labute approximate surface area is 400 Å². The van der Waals surface area contributed by atoms with Crippen molar-refractivity contribution in [1.82, 2.24) is 0 Å². The number of benzene rings is 9. The lowest BCUT2D eigenvalue weighted by Gasteiger charge is -2.36. The van der Waals surface area contributed by atoms with Gasteiger partial charge in [-0.15, -0.1) is 0 Å². The molecule has 70 heavy (non-hydrogen) atoms. The van der Waals surface area contributed by atoms with Gasteiger partial charge in [0.05, 0.1) is 16.7 Å². The Balaban J connectivity index is 1.04. The molecule has 6 heterocycles. The van der Waals surface area contributed by atoms with Crippen LogP contribution in [0.4, 0.5) is 0 Å². The van der Waals surface area contributed by atoms with Crippen molar-refractivity contribution < 1.29 is 42.8 Å². The molecule has 6 aliphatic rings. The number of rotatable bonds is 3. The van der Waals surface area contributed by atoms with E-state index in [1.807, 2.05) is 200 Å². The maximum absolute atomic E-state index is 15.3. The van der Waals surface area contributed by atoms with Crippen LogP contribution in [-0.2, 0) is 31.0 Å². The number of carbonyl (C=O) groups is 3. The Morgan fingerprint density at radius 2 is 0.471 bits per heavy atom. The highest BCUT2D eigenvalue weighted by molar-refractivity contribution is 6.97. The van der Waals surface area contributed by atoms with E-state index in [9.17, 15) is 0 Å². The van der Waals surface area contributed by atoms with Crippen LogP contribution in [0.1, 0.15) is 81.1 Å². The summed E-state index contributed by atoms with van der Waals surface area (Å²) in [5.41, 5.74) is 4.08. The van der Waals surface area contributed by atoms with Crippen LogP contribution in [0.25, 0.3) is 0 Å². The molecule has 0 unspecified atom stereocenters. The zero-order valence-electron chi connectivity index (χ0n) is 36.8. The molecular weight excluding hydrogens is 875 g/mol. The minimum Gasteiger partial charge on any atom is -0.456 e. The van der Waals surface area contributed by atoms with Gasteiger partial charge >= 0.3 is 17.9 Å². The SMILES string of the molecule is O=C1OC2(c3ccccc3Oc3ccccc32)c2cccc(B(c3cccc4c3C(=O)OC43c4ccccc4Oc4ccccc43)c3cccc4c3C(=O)OC43c4ccccc4Oc4ccccc43)c21. The average molecular weight is 909 g/mol. The van der Waals surface area contributed by atoms with Crippen LogP contribution in [0.5, 0.6) is 34.5 Å². The lowest BCUT2D eigenvalue weighted by atomic mass is 9.34. The van der Waals surface area contributed by atoms with Gasteiger partial charge in [-0.3, -0.25) is 0 Å². The van der Waals surface area contributed by atoms with E-state index in [-0.39, 0.29) is 0 Å². The van der Waals surface area contributed by atoms with Gasteiger partial charge in [-0.2, -0.15) is 0 Å². The van der Waals surface area contributed by atoms with Gasteiger partial charge in [0, 0.05) is 50.1 Å². The van der Waals surface area contributed by atoms with E-state index < -0.39 is 41.4 Å². The summed E-state index contributed by atoms with van der Waals surface area (Å²) in [5, 5.41) is 0.